The van der Waals surface area contributed by atoms with Crippen LogP contribution in [0, 0.1) is 0 Å². The highest BCUT2D eigenvalue weighted by Gasteiger charge is 2.38. The standard InChI is InChI=1S/C29H30ClN3O4/c1-5-37-29(36)31(4)23-14-10-21(11-15-23)28(35)32-19(2)18-27(25-8-6-7-9-26(25)32)33(20(3)34)24-16-12-22(30)13-17-24/h6-17,19,27H,5,18H2,1-4H3/t19-,27?/m0/s1. The summed E-state index contributed by atoms with van der Waals surface area (Å²) < 4.78 is 5.05. The first-order valence-corrected chi connectivity index (χ1v) is 12.6. The van der Waals surface area contributed by atoms with Gasteiger partial charge in [-0.05, 0) is 80.4 Å². The first-order chi connectivity index (χ1) is 17.7. The Morgan fingerprint density at radius 3 is 2.22 bits per heavy atom. The number of rotatable bonds is 5. The summed E-state index contributed by atoms with van der Waals surface area (Å²) in [6.45, 7) is 5.57. The van der Waals surface area contributed by atoms with Gasteiger partial charge in [-0.15, -0.1) is 0 Å². The lowest BCUT2D eigenvalue weighted by Gasteiger charge is -2.43. The first-order valence-electron chi connectivity index (χ1n) is 12.2. The Bertz CT molecular complexity index is 1290. The lowest BCUT2D eigenvalue weighted by molar-refractivity contribution is -0.117. The van der Waals surface area contributed by atoms with Gasteiger partial charge in [-0.3, -0.25) is 14.5 Å². The maximum atomic E-state index is 13.7. The van der Waals surface area contributed by atoms with Gasteiger partial charge in [-0.25, -0.2) is 4.79 Å². The van der Waals surface area contributed by atoms with Crippen LogP contribution in [0.5, 0.6) is 0 Å². The van der Waals surface area contributed by atoms with Crippen LogP contribution < -0.4 is 14.7 Å². The van der Waals surface area contributed by atoms with E-state index in [2.05, 4.69) is 0 Å². The third kappa shape index (κ3) is 5.32. The second-order valence-electron chi connectivity index (χ2n) is 9.00. The number of hydrogen-bond donors (Lipinski definition) is 0. The summed E-state index contributed by atoms with van der Waals surface area (Å²) in [6, 6.07) is 21.4. The summed E-state index contributed by atoms with van der Waals surface area (Å²) in [5, 5.41) is 0.598. The van der Waals surface area contributed by atoms with Gasteiger partial charge in [0.25, 0.3) is 5.91 Å². The Morgan fingerprint density at radius 2 is 1.59 bits per heavy atom. The van der Waals surface area contributed by atoms with Crippen molar-refractivity contribution in [3.63, 3.8) is 0 Å². The Hall–Kier alpha value is -3.84. The second-order valence-corrected chi connectivity index (χ2v) is 9.44. The minimum atomic E-state index is -0.457. The number of hydrogen-bond acceptors (Lipinski definition) is 4. The Balaban J connectivity index is 1.66. The predicted molar refractivity (Wildman–Crippen MR) is 147 cm³/mol. The number of halogens is 1. The van der Waals surface area contributed by atoms with E-state index in [1.54, 1.807) is 67.1 Å². The molecule has 0 aromatic heterocycles. The van der Waals surface area contributed by atoms with Crippen LogP contribution in [0.15, 0.2) is 72.8 Å². The number of carbonyl (C=O) groups excluding carboxylic acids is 3. The highest BCUT2D eigenvalue weighted by Crippen LogP contribution is 2.43. The number of amides is 3. The highest BCUT2D eigenvalue weighted by atomic mass is 35.5. The molecule has 0 bridgehead atoms. The molecule has 192 valence electrons. The van der Waals surface area contributed by atoms with Crippen LogP contribution in [0.1, 0.15) is 49.2 Å². The average Bonchev–Trinajstić information content (AvgIpc) is 2.89. The topological polar surface area (TPSA) is 70.2 Å². The van der Waals surface area contributed by atoms with Crippen LogP contribution in [0.25, 0.3) is 0 Å². The van der Waals surface area contributed by atoms with Crippen molar-refractivity contribution in [1.29, 1.82) is 0 Å². The van der Waals surface area contributed by atoms with Crippen molar-refractivity contribution in [1.82, 2.24) is 0 Å². The normalized spacial score (nSPS) is 16.5. The molecule has 1 unspecified atom stereocenters. The Labute approximate surface area is 222 Å². The van der Waals surface area contributed by atoms with Gasteiger partial charge in [-0.2, -0.15) is 0 Å². The fraction of sp³-hybridized carbons (Fsp3) is 0.276. The third-order valence-electron chi connectivity index (χ3n) is 6.58. The van der Waals surface area contributed by atoms with Gasteiger partial charge in [-0.1, -0.05) is 29.8 Å². The molecule has 8 heteroatoms. The molecule has 0 N–H and O–H groups in total. The maximum Gasteiger partial charge on any atom is 0.413 e. The monoisotopic (exact) mass is 519 g/mol. The molecule has 3 amide bonds. The van der Waals surface area contributed by atoms with Crippen molar-refractivity contribution in [2.45, 2.75) is 39.3 Å². The lowest BCUT2D eigenvalue weighted by atomic mass is 9.89. The van der Waals surface area contributed by atoms with Crippen LogP contribution in [0.3, 0.4) is 0 Å². The molecule has 7 nitrogen and oxygen atoms in total. The van der Waals surface area contributed by atoms with Crippen molar-refractivity contribution < 1.29 is 19.1 Å². The summed E-state index contributed by atoms with van der Waals surface area (Å²) in [7, 11) is 1.62. The fourth-order valence-electron chi connectivity index (χ4n) is 4.81. The summed E-state index contributed by atoms with van der Waals surface area (Å²) in [5.41, 5.74) is 3.55. The van der Waals surface area contributed by atoms with Gasteiger partial charge in [0.2, 0.25) is 5.91 Å². The van der Waals surface area contributed by atoms with Gasteiger partial charge >= 0.3 is 6.09 Å². The molecule has 2 atom stereocenters. The summed E-state index contributed by atoms with van der Waals surface area (Å²) in [6.07, 6.45) is 0.108. The van der Waals surface area contributed by atoms with Crippen LogP contribution in [0.2, 0.25) is 5.02 Å². The molecule has 3 aromatic rings. The zero-order valence-electron chi connectivity index (χ0n) is 21.3. The van der Waals surface area contributed by atoms with Gasteiger partial charge in [0.15, 0.2) is 0 Å². The van der Waals surface area contributed by atoms with E-state index in [0.29, 0.717) is 22.7 Å². The molecule has 3 aromatic carbocycles. The molecule has 0 fully saturated rings. The zero-order valence-corrected chi connectivity index (χ0v) is 22.1. The largest absolute Gasteiger partial charge is 0.449 e. The van der Waals surface area contributed by atoms with E-state index < -0.39 is 6.09 Å². The minimum absolute atomic E-state index is 0.0876. The van der Waals surface area contributed by atoms with Gasteiger partial charge in [0.05, 0.1) is 12.6 Å². The molecule has 1 heterocycles. The van der Waals surface area contributed by atoms with E-state index >= 15 is 0 Å². The number of nitrogens with zero attached hydrogens (tertiary/aromatic N) is 3. The quantitative estimate of drug-likeness (QED) is 0.387. The predicted octanol–water partition coefficient (Wildman–Crippen LogP) is 6.47. The van der Waals surface area contributed by atoms with Gasteiger partial charge < -0.3 is 14.5 Å². The van der Waals surface area contributed by atoms with E-state index in [1.807, 2.05) is 43.3 Å². The number of para-hydroxylation sites is 1. The fourth-order valence-corrected chi connectivity index (χ4v) is 4.94. The van der Waals surface area contributed by atoms with E-state index in [4.69, 9.17) is 16.3 Å². The Kier molecular flexibility index (Phi) is 7.83. The second kappa shape index (κ2) is 11.0. The highest BCUT2D eigenvalue weighted by molar-refractivity contribution is 6.30. The third-order valence-corrected chi connectivity index (χ3v) is 6.83. The van der Waals surface area contributed by atoms with Crippen LogP contribution in [-0.4, -0.2) is 37.6 Å². The van der Waals surface area contributed by atoms with Gasteiger partial charge in [0, 0.05) is 47.7 Å². The summed E-state index contributed by atoms with van der Waals surface area (Å²) in [5.74, 6) is -0.236. The van der Waals surface area contributed by atoms with Crippen molar-refractivity contribution in [2.24, 2.45) is 0 Å². The molecule has 0 radical (unpaired) electrons. The van der Waals surface area contributed by atoms with E-state index in [0.717, 1.165) is 16.9 Å². The lowest BCUT2D eigenvalue weighted by Crippen LogP contribution is -2.47. The summed E-state index contributed by atoms with van der Waals surface area (Å²) in [4.78, 5) is 43.6. The molecule has 1 aliphatic heterocycles. The molecule has 1 aliphatic rings. The first kappa shape index (κ1) is 26.2. The van der Waals surface area contributed by atoms with Crippen molar-refractivity contribution in [2.75, 3.05) is 28.4 Å². The molecule has 0 saturated heterocycles. The molecule has 37 heavy (non-hydrogen) atoms. The molecule has 4 rings (SSSR count). The maximum absolute atomic E-state index is 13.7. The van der Waals surface area contributed by atoms with Crippen LogP contribution in [-0.2, 0) is 9.53 Å². The minimum Gasteiger partial charge on any atom is -0.449 e. The number of carbonyl (C=O) groups is 3. The van der Waals surface area contributed by atoms with E-state index in [-0.39, 0.29) is 30.5 Å². The summed E-state index contributed by atoms with van der Waals surface area (Å²) >= 11 is 6.08. The van der Waals surface area contributed by atoms with E-state index in [1.165, 1.54) is 4.90 Å². The molecule has 0 spiro atoms. The number of ether oxygens (including phenoxy) is 1. The van der Waals surface area contributed by atoms with Crippen molar-refractivity contribution in [3.05, 3.63) is 88.9 Å². The van der Waals surface area contributed by atoms with Crippen LogP contribution >= 0.6 is 11.6 Å². The number of fused-ring (bicyclic) bond motifs is 1. The molecular weight excluding hydrogens is 490 g/mol. The number of benzene rings is 3. The average molecular weight is 520 g/mol. The smallest absolute Gasteiger partial charge is 0.413 e. The van der Waals surface area contributed by atoms with Gasteiger partial charge in [0.1, 0.15) is 0 Å². The van der Waals surface area contributed by atoms with Crippen molar-refractivity contribution in [3.8, 4) is 0 Å². The molecule has 0 saturated carbocycles. The Morgan fingerprint density at radius 1 is 0.973 bits per heavy atom. The number of anilines is 3. The molecular formula is C29H30ClN3O4. The van der Waals surface area contributed by atoms with Crippen LogP contribution in [0.4, 0.5) is 21.9 Å². The zero-order chi connectivity index (χ0) is 26.7. The molecule has 0 aliphatic carbocycles. The van der Waals surface area contributed by atoms with Crippen molar-refractivity contribution >= 4 is 46.6 Å². The SMILES string of the molecule is CCOC(=O)N(C)c1ccc(C(=O)N2c3ccccc3C(N(C(C)=O)c3ccc(Cl)cc3)C[C@@H]2C)cc1. The van der Waals surface area contributed by atoms with E-state index in [9.17, 15) is 14.4 Å².